The molecule has 0 aliphatic heterocycles. The van der Waals surface area contributed by atoms with Crippen molar-refractivity contribution in [3.05, 3.63) is 58.1 Å². The third kappa shape index (κ3) is 4.33. The van der Waals surface area contributed by atoms with Gasteiger partial charge in [0, 0.05) is 15.8 Å². The lowest BCUT2D eigenvalue weighted by atomic mass is 10.2. The van der Waals surface area contributed by atoms with E-state index in [2.05, 4.69) is 26.6 Å². The summed E-state index contributed by atoms with van der Waals surface area (Å²) >= 11 is 3.47. The van der Waals surface area contributed by atoms with E-state index in [1.54, 1.807) is 0 Å². The third-order valence-corrected chi connectivity index (χ3v) is 4.11. The van der Waals surface area contributed by atoms with Gasteiger partial charge in [-0.15, -0.1) is 0 Å². The fourth-order valence-electron chi connectivity index (χ4n) is 2.02. The number of carbonyl (C=O) groups excluding carboxylic acids is 1. The van der Waals surface area contributed by atoms with Crippen molar-refractivity contribution >= 4 is 33.2 Å². The molecule has 0 aliphatic rings. The molecule has 0 radical (unpaired) electrons. The Labute approximate surface area is 133 Å². The van der Waals surface area contributed by atoms with Crippen LogP contribution in [0.2, 0.25) is 0 Å². The molecule has 0 fully saturated rings. The lowest BCUT2D eigenvalue weighted by Crippen LogP contribution is -2.31. The van der Waals surface area contributed by atoms with Crippen molar-refractivity contribution in [2.75, 3.05) is 10.6 Å². The second-order valence-electron chi connectivity index (χ2n) is 5.19. The van der Waals surface area contributed by atoms with E-state index in [-0.39, 0.29) is 11.9 Å². The minimum Gasteiger partial charge on any atom is -0.374 e. The summed E-state index contributed by atoms with van der Waals surface area (Å²) in [6.07, 6.45) is 0. The topological polar surface area (TPSA) is 41.1 Å². The molecule has 1 amide bonds. The molecule has 1 atom stereocenters. The van der Waals surface area contributed by atoms with Gasteiger partial charge in [-0.25, -0.2) is 0 Å². The molecular formula is C17H19BrN2O. The molecule has 0 bridgehead atoms. The second-order valence-corrected chi connectivity index (χ2v) is 6.04. The first-order chi connectivity index (χ1) is 9.95. The molecule has 3 nitrogen and oxygen atoms in total. The Balaban J connectivity index is 2.00. The summed E-state index contributed by atoms with van der Waals surface area (Å²) in [6, 6.07) is 13.4. The van der Waals surface area contributed by atoms with Crippen LogP contribution in [0.25, 0.3) is 0 Å². The molecule has 4 heteroatoms. The average molecular weight is 347 g/mol. The van der Waals surface area contributed by atoms with E-state index in [0.717, 1.165) is 27.0 Å². The summed E-state index contributed by atoms with van der Waals surface area (Å²) in [7, 11) is 0. The van der Waals surface area contributed by atoms with E-state index in [4.69, 9.17) is 0 Å². The number of hydrogen-bond donors (Lipinski definition) is 2. The highest BCUT2D eigenvalue weighted by Crippen LogP contribution is 2.20. The van der Waals surface area contributed by atoms with Crippen molar-refractivity contribution in [2.45, 2.75) is 26.8 Å². The minimum atomic E-state index is -0.314. The summed E-state index contributed by atoms with van der Waals surface area (Å²) < 4.78 is 1.06. The Kier molecular flexibility index (Phi) is 5.02. The molecule has 2 N–H and O–H groups in total. The maximum absolute atomic E-state index is 12.2. The number of benzene rings is 2. The summed E-state index contributed by atoms with van der Waals surface area (Å²) in [6.45, 7) is 5.87. The Morgan fingerprint density at radius 3 is 2.52 bits per heavy atom. The number of hydrogen-bond acceptors (Lipinski definition) is 2. The Bertz CT molecular complexity index is 655. The average Bonchev–Trinajstić information content (AvgIpc) is 2.43. The molecule has 0 saturated carbocycles. The minimum absolute atomic E-state index is 0.0545. The smallest absolute Gasteiger partial charge is 0.246 e. The molecule has 0 saturated heterocycles. The monoisotopic (exact) mass is 346 g/mol. The highest BCUT2D eigenvalue weighted by Gasteiger charge is 2.13. The van der Waals surface area contributed by atoms with Crippen molar-refractivity contribution in [1.29, 1.82) is 0 Å². The Hall–Kier alpha value is -1.81. The van der Waals surface area contributed by atoms with E-state index in [9.17, 15) is 4.79 Å². The SMILES string of the molecule is Cc1cccc(NC(=O)C(C)Nc2ccc(Br)c(C)c2)c1. The molecule has 1 unspecified atom stereocenters. The Morgan fingerprint density at radius 1 is 1.10 bits per heavy atom. The maximum atomic E-state index is 12.2. The third-order valence-electron chi connectivity index (χ3n) is 3.22. The standard InChI is InChI=1S/C17H19BrN2O/c1-11-5-4-6-14(9-11)20-17(21)13(3)19-15-7-8-16(18)12(2)10-15/h4-10,13,19H,1-3H3,(H,20,21). The van der Waals surface area contributed by atoms with Crippen LogP contribution < -0.4 is 10.6 Å². The summed E-state index contributed by atoms with van der Waals surface area (Å²) in [5.41, 5.74) is 4.01. The van der Waals surface area contributed by atoms with Crippen molar-refractivity contribution in [3.8, 4) is 0 Å². The maximum Gasteiger partial charge on any atom is 0.246 e. The first-order valence-electron chi connectivity index (χ1n) is 6.86. The van der Waals surface area contributed by atoms with Crippen LogP contribution >= 0.6 is 15.9 Å². The fraction of sp³-hybridized carbons (Fsp3) is 0.235. The molecule has 0 spiro atoms. The van der Waals surface area contributed by atoms with Gasteiger partial charge in [-0.05, 0) is 62.2 Å². The molecule has 0 aliphatic carbocycles. The van der Waals surface area contributed by atoms with Crippen molar-refractivity contribution in [3.63, 3.8) is 0 Å². The fourth-order valence-corrected chi connectivity index (χ4v) is 2.27. The zero-order chi connectivity index (χ0) is 15.4. The first-order valence-corrected chi connectivity index (χ1v) is 7.65. The van der Waals surface area contributed by atoms with Gasteiger partial charge in [0.15, 0.2) is 0 Å². The Morgan fingerprint density at radius 2 is 1.86 bits per heavy atom. The predicted molar refractivity (Wildman–Crippen MR) is 91.8 cm³/mol. The van der Waals surface area contributed by atoms with Gasteiger partial charge in [-0.2, -0.15) is 0 Å². The largest absolute Gasteiger partial charge is 0.374 e. The van der Waals surface area contributed by atoms with Crippen LogP contribution in [0, 0.1) is 13.8 Å². The lowest BCUT2D eigenvalue weighted by Gasteiger charge is -2.16. The van der Waals surface area contributed by atoms with Gasteiger partial charge in [-0.3, -0.25) is 4.79 Å². The predicted octanol–water partition coefficient (Wildman–Crippen LogP) is 4.51. The van der Waals surface area contributed by atoms with Crippen LogP contribution in [0.15, 0.2) is 46.9 Å². The van der Waals surface area contributed by atoms with Gasteiger partial charge in [0.1, 0.15) is 6.04 Å². The van der Waals surface area contributed by atoms with Crippen LogP contribution in [-0.2, 0) is 4.79 Å². The van der Waals surface area contributed by atoms with Crippen LogP contribution in [0.3, 0.4) is 0 Å². The second kappa shape index (κ2) is 6.76. The van der Waals surface area contributed by atoms with Crippen LogP contribution in [0.1, 0.15) is 18.1 Å². The zero-order valence-electron chi connectivity index (χ0n) is 12.4. The normalized spacial score (nSPS) is 11.8. The number of carbonyl (C=O) groups is 1. The molecule has 2 aromatic carbocycles. The van der Waals surface area contributed by atoms with Crippen LogP contribution in [-0.4, -0.2) is 11.9 Å². The van der Waals surface area contributed by atoms with Crippen molar-refractivity contribution < 1.29 is 4.79 Å². The molecule has 0 heterocycles. The molecule has 2 aromatic rings. The number of anilines is 2. The van der Waals surface area contributed by atoms with Crippen molar-refractivity contribution in [1.82, 2.24) is 0 Å². The van der Waals surface area contributed by atoms with E-state index in [1.165, 1.54) is 0 Å². The lowest BCUT2D eigenvalue weighted by molar-refractivity contribution is -0.116. The van der Waals surface area contributed by atoms with E-state index in [1.807, 2.05) is 63.2 Å². The van der Waals surface area contributed by atoms with Gasteiger partial charge in [0.25, 0.3) is 0 Å². The van der Waals surface area contributed by atoms with Gasteiger partial charge < -0.3 is 10.6 Å². The molecule has 21 heavy (non-hydrogen) atoms. The van der Waals surface area contributed by atoms with Gasteiger partial charge in [0.2, 0.25) is 5.91 Å². The number of halogens is 1. The van der Waals surface area contributed by atoms with Gasteiger partial charge >= 0.3 is 0 Å². The highest BCUT2D eigenvalue weighted by molar-refractivity contribution is 9.10. The van der Waals surface area contributed by atoms with Crippen LogP contribution in [0.5, 0.6) is 0 Å². The van der Waals surface area contributed by atoms with E-state index in [0.29, 0.717) is 0 Å². The van der Waals surface area contributed by atoms with E-state index >= 15 is 0 Å². The number of aryl methyl sites for hydroxylation is 2. The van der Waals surface area contributed by atoms with E-state index < -0.39 is 0 Å². The zero-order valence-corrected chi connectivity index (χ0v) is 14.0. The van der Waals surface area contributed by atoms with Crippen LogP contribution in [0.4, 0.5) is 11.4 Å². The summed E-state index contributed by atoms with van der Waals surface area (Å²) in [4.78, 5) is 12.2. The molecule has 0 aromatic heterocycles. The van der Waals surface area contributed by atoms with Crippen molar-refractivity contribution in [2.24, 2.45) is 0 Å². The summed E-state index contributed by atoms with van der Waals surface area (Å²) in [5.74, 6) is -0.0545. The highest BCUT2D eigenvalue weighted by atomic mass is 79.9. The number of nitrogens with one attached hydrogen (secondary N) is 2. The molecule has 2 rings (SSSR count). The van der Waals surface area contributed by atoms with Gasteiger partial charge in [-0.1, -0.05) is 28.1 Å². The summed E-state index contributed by atoms with van der Waals surface area (Å²) in [5, 5.41) is 6.13. The first kappa shape index (κ1) is 15.6. The molecular weight excluding hydrogens is 328 g/mol. The number of amides is 1. The van der Waals surface area contributed by atoms with Gasteiger partial charge in [0.05, 0.1) is 0 Å². The number of rotatable bonds is 4. The molecule has 110 valence electrons. The quantitative estimate of drug-likeness (QED) is 0.855.